The Hall–Kier alpha value is -3.30. The number of carbonyl (C=O) groups excluding carboxylic acids is 1. The average Bonchev–Trinajstić information content (AvgIpc) is 3.52. The monoisotopic (exact) mass is 493 g/mol. The highest BCUT2D eigenvalue weighted by molar-refractivity contribution is 7.15. The van der Waals surface area contributed by atoms with Gasteiger partial charge in [-0.2, -0.15) is 0 Å². The van der Waals surface area contributed by atoms with Gasteiger partial charge in [0, 0.05) is 52.8 Å². The largest absolute Gasteiger partial charge is 0.353 e. The number of hydrogen-bond acceptors (Lipinski definition) is 6. The first-order valence-corrected chi connectivity index (χ1v) is 12.2. The molecular weight excluding hydrogens is 470 g/mol. The van der Waals surface area contributed by atoms with Crippen LogP contribution in [0.5, 0.6) is 0 Å². The second kappa shape index (κ2) is 9.15. The third-order valence-electron chi connectivity index (χ3n) is 5.99. The van der Waals surface area contributed by atoms with Gasteiger partial charge in [-0.05, 0) is 38.5 Å². The molecule has 0 spiro atoms. The van der Waals surface area contributed by atoms with Crippen LogP contribution in [0.25, 0.3) is 5.00 Å². The third kappa shape index (κ3) is 4.17. The van der Waals surface area contributed by atoms with E-state index in [-0.39, 0.29) is 5.91 Å². The average molecular weight is 494 g/mol. The SMILES string of the molecule is Cc1sc2c(c1C)C(c1ccc(Cl)cc1)=N[C@@H](CNC(=O)CCc1ncc[nH]1)c1nnc(C)n1-2. The van der Waals surface area contributed by atoms with E-state index < -0.39 is 6.04 Å². The number of fused-ring (bicyclic) bond motifs is 3. The number of carbonyl (C=O) groups is 1. The highest BCUT2D eigenvalue weighted by Gasteiger charge is 2.31. The Bertz CT molecular complexity index is 1370. The molecule has 10 heteroatoms. The lowest BCUT2D eigenvalue weighted by molar-refractivity contribution is -0.121. The number of rotatable bonds is 6. The molecule has 0 aliphatic carbocycles. The summed E-state index contributed by atoms with van der Waals surface area (Å²) in [5, 5.41) is 13.6. The van der Waals surface area contributed by atoms with Crippen molar-refractivity contribution in [3.8, 4) is 5.00 Å². The lowest BCUT2D eigenvalue weighted by Gasteiger charge is -2.14. The standard InChI is InChI=1S/C24H24ClN7OS/c1-13-14(2)34-24-21(13)22(16-4-6-17(25)7-5-16)29-18(23-31-30-15(3)32(23)24)12-28-20(33)9-8-19-26-10-11-27-19/h4-7,10-11,18H,8-9,12H2,1-3H3,(H,26,27)(H,28,33)/t18-/m0/s1. The van der Waals surface area contributed by atoms with Crippen molar-refractivity contribution in [2.24, 2.45) is 4.99 Å². The predicted molar refractivity (Wildman–Crippen MR) is 133 cm³/mol. The number of aromatic nitrogens is 5. The number of imidazole rings is 1. The molecule has 0 saturated carbocycles. The Kier molecular flexibility index (Phi) is 6.05. The fourth-order valence-electron chi connectivity index (χ4n) is 4.10. The molecule has 1 aromatic carbocycles. The number of nitrogens with zero attached hydrogens (tertiary/aromatic N) is 5. The molecule has 1 amide bonds. The van der Waals surface area contributed by atoms with Crippen LogP contribution in [-0.2, 0) is 11.2 Å². The number of thiophene rings is 1. The maximum Gasteiger partial charge on any atom is 0.220 e. The molecule has 5 rings (SSSR count). The topological polar surface area (TPSA) is 101 Å². The summed E-state index contributed by atoms with van der Waals surface area (Å²) < 4.78 is 2.08. The molecule has 3 aromatic heterocycles. The van der Waals surface area contributed by atoms with E-state index in [1.165, 1.54) is 10.4 Å². The molecule has 0 unspecified atom stereocenters. The molecule has 34 heavy (non-hydrogen) atoms. The fourth-order valence-corrected chi connectivity index (χ4v) is 5.44. The van der Waals surface area contributed by atoms with Gasteiger partial charge >= 0.3 is 0 Å². The fraction of sp³-hybridized carbons (Fsp3) is 0.292. The molecule has 0 saturated heterocycles. The minimum Gasteiger partial charge on any atom is -0.353 e. The normalized spacial score (nSPS) is 14.8. The third-order valence-corrected chi connectivity index (χ3v) is 7.44. The Labute approximate surface area is 206 Å². The summed E-state index contributed by atoms with van der Waals surface area (Å²) in [7, 11) is 0. The molecule has 4 heterocycles. The maximum absolute atomic E-state index is 12.6. The van der Waals surface area contributed by atoms with Crippen molar-refractivity contribution in [1.29, 1.82) is 0 Å². The van der Waals surface area contributed by atoms with Crippen molar-refractivity contribution in [2.75, 3.05) is 6.54 Å². The van der Waals surface area contributed by atoms with Crippen molar-refractivity contribution in [3.05, 3.63) is 80.7 Å². The molecule has 0 radical (unpaired) electrons. The van der Waals surface area contributed by atoms with Gasteiger partial charge in [-0.3, -0.25) is 14.4 Å². The van der Waals surface area contributed by atoms with Gasteiger partial charge in [-0.25, -0.2) is 4.98 Å². The first-order chi connectivity index (χ1) is 16.4. The summed E-state index contributed by atoms with van der Waals surface area (Å²) in [5.74, 6) is 2.24. The van der Waals surface area contributed by atoms with Gasteiger partial charge in [0.15, 0.2) is 5.82 Å². The van der Waals surface area contributed by atoms with E-state index in [9.17, 15) is 4.79 Å². The van der Waals surface area contributed by atoms with E-state index in [0.29, 0.717) is 24.4 Å². The van der Waals surface area contributed by atoms with Crippen molar-refractivity contribution in [3.63, 3.8) is 0 Å². The Morgan fingerprint density at radius 2 is 2.00 bits per heavy atom. The first-order valence-electron chi connectivity index (χ1n) is 11.0. The van der Waals surface area contributed by atoms with Gasteiger partial charge < -0.3 is 10.3 Å². The van der Waals surface area contributed by atoms with Crippen LogP contribution >= 0.6 is 22.9 Å². The van der Waals surface area contributed by atoms with Crippen molar-refractivity contribution >= 4 is 34.6 Å². The van der Waals surface area contributed by atoms with Crippen molar-refractivity contribution in [1.82, 2.24) is 30.0 Å². The Morgan fingerprint density at radius 3 is 2.74 bits per heavy atom. The second-order valence-electron chi connectivity index (χ2n) is 8.24. The zero-order chi connectivity index (χ0) is 23.8. The molecule has 8 nitrogen and oxygen atoms in total. The van der Waals surface area contributed by atoms with Crippen LogP contribution in [0.1, 0.15) is 51.5 Å². The second-order valence-corrected chi connectivity index (χ2v) is 9.88. The molecule has 174 valence electrons. The van der Waals surface area contributed by atoms with E-state index in [1.807, 2.05) is 31.2 Å². The molecule has 0 bridgehead atoms. The highest BCUT2D eigenvalue weighted by Crippen LogP contribution is 2.38. The first kappa shape index (κ1) is 22.5. The highest BCUT2D eigenvalue weighted by atomic mass is 35.5. The molecule has 4 aromatic rings. The van der Waals surface area contributed by atoms with E-state index >= 15 is 0 Å². The number of H-pyrrole nitrogens is 1. The summed E-state index contributed by atoms with van der Waals surface area (Å²) in [6, 6.07) is 7.31. The Balaban J connectivity index is 1.51. The zero-order valence-electron chi connectivity index (χ0n) is 19.1. The van der Waals surface area contributed by atoms with Crippen LogP contribution in [0.15, 0.2) is 41.7 Å². The minimum atomic E-state index is -0.390. The number of aryl methyl sites for hydroxylation is 3. The van der Waals surface area contributed by atoms with Crippen LogP contribution in [0, 0.1) is 20.8 Å². The molecule has 1 aliphatic heterocycles. The summed E-state index contributed by atoms with van der Waals surface area (Å²) >= 11 is 7.86. The van der Waals surface area contributed by atoms with E-state index in [1.54, 1.807) is 23.7 Å². The molecular formula is C24H24ClN7OS. The summed E-state index contributed by atoms with van der Waals surface area (Å²) in [6.07, 6.45) is 4.33. The number of benzene rings is 1. The smallest absolute Gasteiger partial charge is 0.220 e. The van der Waals surface area contributed by atoms with Crippen molar-refractivity contribution in [2.45, 2.75) is 39.7 Å². The molecule has 2 N–H and O–H groups in total. The summed E-state index contributed by atoms with van der Waals surface area (Å²) in [6.45, 7) is 6.49. The van der Waals surface area contributed by atoms with Crippen molar-refractivity contribution < 1.29 is 4.79 Å². The zero-order valence-corrected chi connectivity index (χ0v) is 20.7. The van der Waals surface area contributed by atoms with Crippen LogP contribution in [-0.4, -0.2) is 42.9 Å². The lowest BCUT2D eigenvalue weighted by Crippen LogP contribution is -2.29. The van der Waals surface area contributed by atoms with E-state index in [2.05, 4.69) is 43.9 Å². The van der Waals surface area contributed by atoms with Gasteiger partial charge in [0.1, 0.15) is 22.7 Å². The number of aromatic amines is 1. The van der Waals surface area contributed by atoms with Gasteiger partial charge in [0.2, 0.25) is 5.91 Å². The maximum atomic E-state index is 12.6. The number of hydrogen-bond donors (Lipinski definition) is 2. The van der Waals surface area contributed by atoms with Crippen LogP contribution in [0.2, 0.25) is 5.02 Å². The number of nitrogens with one attached hydrogen (secondary N) is 2. The van der Waals surface area contributed by atoms with E-state index in [4.69, 9.17) is 16.6 Å². The van der Waals surface area contributed by atoms with Gasteiger partial charge in [0.25, 0.3) is 0 Å². The molecule has 0 fully saturated rings. The molecule has 1 atom stereocenters. The minimum absolute atomic E-state index is 0.0616. The van der Waals surface area contributed by atoms with Gasteiger partial charge in [-0.15, -0.1) is 21.5 Å². The summed E-state index contributed by atoms with van der Waals surface area (Å²) in [5.41, 5.74) is 4.09. The van der Waals surface area contributed by atoms with Gasteiger partial charge in [-0.1, -0.05) is 23.7 Å². The lowest BCUT2D eigenvalue weighted by atomic mass is 10.00. The van der Waals surface area contributed by atoms with Gasteiger partial charge in [0.05, 0.1) is 5.71 Å². The summed E-state index contributed by atoms with van der Waals surface area (Å²) in [4.78, 5) is 26.2. The molecule has 1 aliphatic rings. The van der Waals surface area contributed by atoms with Crippen LogP contribution in [0.4, 0.5) is 0 Å². The van der Waals surface area contributed by atoms with Crippen LogP contribution < -0.4 is 5.32 Å². The number of halogens is 1. The predicted octanol–water partition coefficient (Wildman–Crippen LogP) is 4.27. The van der Waals surface area contributed by atoms with E-state index in [0.717, 1.165) is 39.3 Å². The Morgan fingerprint density at radius 1 is 1.21 bits per heavy atom. The number of aliphatic imine (C=N–C) groups is 1. The number of amides is 1. The quantitative estimate of drug-likeness (QED) is 0.418. The van der Waals surface area contributed by atoms with Crippen LogP contribution in [0.3, 0.4) is 0 Å².